The summed E-state index contributed by atoms with van der Waals surface area (Å²) < 4.78 is 5.49. The van der Waals surface area contributed by atoms with E-state index in [1.54, 1.807) is 4.90 Å². The second kappa shape index (κ2) is 5.66. The standard InChI is InChI=1S/C18H21ClN2O3/c1-18(6-7-18)16(22)20-10-14-15(11-20)24-17(23)21(14)8-5-12-3-2-4-13(19)9-12/h2-4,9,14-15H,5-8,10-11H2,1H3/t14-,15+/m0/s1. The number of ether oxygens (including phenoxy) is 1. The van der Waals surface area contributed by atoms with Crippen molar-refractivity contribution >= 4 is 23.6 Å². The number of likely N-dealkylation sites (tertiary alicyclic amines) is 1. The van der Waals surface area contributed by atoms with E-state index in [9.17, 15) is 9.59 Å². The average Bonchev–Trinajstić information content (AvgIpc) is 3.06. The minimum Gasteiger partial charge on any atom is -0.442 e. The van der Waals surface area contributed by atoms with Crippen LogP contribution in [0.1, 0.15) is 25.3 Å². The molecule has 2 saturated heterocycles. The largest absolute Gasteiger partial charge is 0.442 e. The van der Waals surface area contributed by atoms with Crippen molar-refractivity contribution in [1.29, 1.82) is 0 Å². The third kappa shape index (κ3) is 2.75. The summed E-state index contributed by atoms with van der Waals surface area (Å²) in [5.74, 6) is 0.211. The molecule has 3 aliphatic rings. The molecule has 1 aliphatic carbocycles. The number of rotatable bonds is 4. The van der Waals surface area contributed by atoms with Crippen molar-refractivity contribution in [3.05, 3.63) is 34.9 Å². The topological polar surface area (TPSA) is 49.9 Å². The van der Waals surface area contributed by atoms with Crippen LogP contribution in [0.15, 0.2) is 24.3 Å². The van der Waals surface area contributed by atoms with Gasteiger partial charge in [0.2, 0.25) is 5.91 Å². The van der Waals surface area contributed by atoms with Crippen molar-refractivity contribution < 1.29 is 14.3 Å². The zero-order valence-electron chi connectivity index (χ0n) is 13.7. The van der Waals surface area contributed by atoms with Crippen molar-refractivity contribution in [2.45, 2.75) is 38.3 Å². The molecule has 0 aromatic heterocycles. The van der Waals surface area contributed by atoms with Crippen LogP contribution < -0.4 is 0 Å². The molecule has 5 nitrogen and oxygen atoms in total. The Morgan fingerprint density at radius 3 is 2.88 bits per heavy atom. The second-order valence-corrected chi connectivity index (χ2v) is 7.77. The Kier molecular flexibility index (Phi) is 3.71. The van der Waals surface area contributed by atoms with Crippen molar-refractivity contribution in [3.8, 4) is 0 Å². The zero-order chi connectivity index (χ0) is 16.9. The SMILES string of the molecule is CC1(C(=O)N2C[C@H]3OC(=O)N(CCc4cccc(Cl)c4)[C@H]3C2)CC1. The summed E-state index contributed by atoms with van der Waals surface area (Å²) in [5.41, 5.74) is 0.920. The number of hydrogen-bond acceptors (Lipinski definition) is 3. The Morgan fingerprint density at radius 1 is 1.38 bits per heavy atom. The number of hydrogen-bond donors (Lipinski definition) is 0. The van der Waals surface area contributed by atoms with E-state index in [-0.39, 0.29) is 29.6 Å². The highest BCUT2D eigenvalue weighted by atomic mass is 35.5. The fourth-order valence-corrected chi connectivity index (χ4v) is 3.87. The summed E-state index contributed by atoms with van der Waals surface area (Å²) in [4.78, 5) is 28.3. The maximum atomic E-state index is 12.5. The van der Waals surface area contributed by atoms with Crippen LogP contribution in [0.25, 0.3) is 0 Å². The van der Waals surface area contributed by atoms with Crippen LogP contribution in [0.3, 0.4) is 0 Å². The third-order valence-electron chi connectivity index (χ3n) is 5.46. The van der Waals surface area contributed by atoms with Crippen LogP contribution in [0, 0.1) is 5.41 Å². The lowest BCUT2D eigenvalue weighted by Gasteiger charge is -2.24. The Morgan fingerprint density at radius 2 is 2.17 bits per heavy atom. The molecule has 6 heteroatoms. The van der Waals surface area contributed by atoms with E-state index in [1.807, 2.05) is 36.1 Å². The molecule has 128 valence electrons. The molecular formula is C18H21ClN2O3. The molecule has 0 spiro atoms. The first-order chi connectivity index (χ1) is 11.5. The first-order valence-corrected chi connectivity index (χ1v) is 8.85. The van der Waals surface area contributed by atoms with Crippen molar-refractivity contribution in [2.75, 3.05) is 19.6 Å². The summed E-state index contributed by atoms with van der Waals surface area (Å²) >= 11 is 6.01. The van der Waals surface area contributed by atoms with Gasteiger partial charge in [0, 0.05) is 23.5 Å². The lowest BCUT2D eigenvalue weighted by Crippen LogP contribution is -2.41. The zero-order valence-corrected chi connectivity index (χ0v) is 14.5. The quantitative estimate of drug-likeness (QED) is 0.840. The Labute approximate surface area is 146 Å². The molecule has 0 N–H and O–H groups in total. The number of amides is 2. The average molecular weight is 349 g/mol. The van der Waals surface area contributed by atoms with Crippen LogP contribution in [-0.4, -0.2) is 53.6 Å². The van der Waals surface area contributed by atoms with Gasteiger partial charge >= 0.3 is 6.09 Å². The Bertz CT molecular complexity index is 689. The van der Waals surface area contributed by atoms with E-state index >= 15 is 0 Å². The van der Waals surface area contributed by atoms with Crippen molar-refractivity contribution in [1.82, 2.24) is 9.80 Å². The molecule has 2 aliphatic heterocycles. The highest BCUT2D eigenvalue weighted by Crippen LogP contribution is 2.47. The van der Waals surface area contributed by atoms with Gasteiger partial charge in [0.1, 0.15) is 6.10 Å². The number of nitrogens with zero attached hydrogens (tertiary/aromatic N) is 2. The van der Waals surface area contributed by atoms with Gasteiger partial charge in [-0.1, -0.05) is 30.7 Å². The van der Waals surface area contributed by atoms with E-state index in [0.717, 1.165) is 24.8 Å². The van der Waals surface area contributed by atoms with Gasteiger partial charge in [-0.05, 0) is 37.0 Å². The summed E-state index contributed by atoms with van der Waals surface area (Å²) in [6.07, 6.45) is 2.20. The van der Waals surface area contributed by atoms with E-state index in [1.165, 1.54) is 0 Å². The maximum Gasteiger partial charge on any atom is 0.410 e. The smallest absolute Gasteiger partial charge is 0.410 e. The Balaban J connectivity index is 1.41. The fourth-order valence-electron chi connectivity index (χ4n) is 3.65. The second-order valence-electron chi connectivity index (χ2n) is 7.33. The van der Waals surface area contributed by atoms with Gasteiger partial charge < -0.3 is 9.64 Å². The van der Waals surface area contributed by atoms with Crippen LogP contribution in [0.5, 0.6) is 0 Å². The first kappa shape index (κ1) is 15.8. The van der Waals surface area contributed by atoms with Crippen LogP contribution in [-0.2, 0) is 16.0 Å². The van der Waals surface area contributed by atoms with Crippen LogP contribution in [0.4, 0.5) is 4.79 Å². The number of carbonyl (C=O) groups excluding carboxylic acids is 2. The molecule has 2 amide bonds. The predicted octanol–water partition coefficient (Wildman–Crippen LogP) is 2.71. The summed E-state index contributed by atoms with van der Waals surface area (Å²) in [6, 6.07) is 7.64. The molecular weight excluding hydrogens is 328 g/mol. The lowest BCUT2D eigenvalue weighted by atomic mass is 10.1. The third-order valence-corrected chi connectivity index (χ3v) is 5.69. The van der Waals surface area contributed by atoms with Gasteiger partial charge in [0.25, 0.3) is 0 Å². The molecule has 1 aromatic rings. The number of benzene rings is 1. The van der Waals surface area contributed by atoms with Gasteiger partial charge in [-0.25, -0.2) is 4.79 Å². The van der Waals surface area contributed by atoms with E-state index in [4.69, 9.17) is 16.3 Å². The molecule has 0 bridgehead atoms. The number of halogens is 1. The highest BCUT2D eigenvalue weighted by Gasteiger charge is 2.53. The van der Waals surface area contributed by atoms with Crippen LogP contribution in [0.2, 0.25) is 5.02 Å². The first-order valence-electron chi connectivity index (χ1n) is 8.47. The molecule has 2 atom stereocenters. The minimum absolute atomic E-state index is 0.0250. The predicted molar refractivity (Wildman–Crippen MR) is 89.8 cm³/mol. The molecule has 3 fully saturated rings. The normalized spacial score (nSPS) is 27.2. The van der Waals surface area contributed by atoms with Gasteiger partial charge in [-0.15, -0.1) is 0 Å². The fraction of sp³-hybridized carbons (Fsp3) is 0.556. The summed E-state index contributed by atoms with van der Waals surface area (Å²) in [5, 5.41) is 0.699. The number of fused-ring (bicyclic) bond motifs is 1. The molecule has 4 rings (SSSR count). The molecule has 0 radical (unpaired) electrons. The van der Waals surface area contributed by atoms with E-state index in [2.05, 4.69) is 0 Å². The molecule has 0 unspecified atom stereocenters. The van der Waals surface area contributed by atoms with Crippen LogP contribution >= 0.6 is 11.6 Å². The lowest BCUT2D eigenvalue weighted by molar-refractivity contribution is -0.135. The summed E-state index contributed by atoms with van der Waals surface area (Å²) in [7, 11) is 0. The van der Waals surface area contributed by atoms with Gasteiger partial charge in [-0.2, -0.15) is 0 Å². The van der Waals surface area contributed by atoms with E-state index < -0.39 is 0 Å². The van der Waals surface area contributed by atoms with Gasteiger partial charge in [0.05, 0.1) is 12.6 Å². The monoisotopic (exact) mass is 348 g/mol. The minimum atomic E-state index is -0.267. The van der Waals surface area contributed by atoms with E-state index in [0.29, 0.717) is 24.7 Å². The molecule has 2 heterocycles. The Hall–Kier alpha value is -1.75. The van der Waals surface area contributed by atoms with Gasteiger partial charge in [0.15, 0.2) is 0 Å². The molecule has 24 heavy (non-hydrogen) atoms. The van der Waals surface area contributed by atoms with Gasteiger partial charge in [-0.3, -0.25) is 9.69 Å². The molecule has 1 aromatic carbocycles. The van der Waals surface area contributed by atoms with Crippen molar-refractivity contribution in [2.24, 2.45) is 5.41 Å². The molecule has 1 saturated carbocycles. The highest BCUT2D eigenvalue weighted by molar-refractivity contribution is 6.30. The van der Waals surface area contributed by atoms with Crippen molar-refractivity contribution in [3.63, 3.8) is 0 Å². The summed E-state index contributed by atoms with van der Waals surface area (Å²) in [6.45, 7) is 3.71. The number of carbonyl (C=O) groups is 2. The maximum absolute atomic E-state index is 12.5.